The Labute approximate surface area is 156 Å². The summed E-state index contributed by atoms with van der Waals surface area (Å²) in [5.41, 5.74) is 1.82. The number of nitrogens with zero attached hydrogens (tertiary/aromatic N) is 2. The molecule has 0 unspecified atom stereocenters. The fraction of sp³-hybridized carbons (Fsp3) is 0.0526. The first kappa shape index (κ1) is 16.8. The maximum absolute atomic E-state index is 13.1. The molecule has 0 saturated carbocycles. The molecule has 0 atom stereocenters. The molecule has 0 spiro atoms. The highest BCUT2D eigenvalue weighted by atomic mass is 35.5. The fourth-order valence-electron chi connectivity index (χ4n) is 2.82. The first-order valence-electron chi connectivity index (χ1n) is 7.91. The van der Waals surface area contributed by atoms with Crippen molar-refractivity contribution in [3.8, 4) is 0 Å². The van der Waals surface area contributed by atoms with Gasteiger partial charge in [0, 0.05) is 29.5 Å². The molecule has 0 amide bonds. The predicted molar refractivity (Wildman–Crippen MR) is 101 cm³/mol. The number of pyridine rings is 1. The van der Waals surface area contributed by atoms with E-state index in [0.717, 1.165) is 5.56 Å². The molecule has 1 N–H and O–H groups in total. The van der Waals surface area contributed by atoms with E-state index in [2.05, 4.69) is 15.3 Å². The van der Waals surface area contributed by atoms with Crippen LogP contribution in [0.25, 0.3) is 0 Å². The van der Waals surface area contributed by atoms with Gasteiger partial charge in [0.2, 0.25) is 9.84 Å². The van der Waals surface area contributed by atoms with E-state index < -0.39 is 9.84 Å². The van der Waals surface area contributed by atoms with Gasteiger partial charge in [0.25, 0.3) is 0 Å². The van der Waals surface area contributed by atoms with E-state index in [0.29, 0.717) is 28.7 Å². The van der Waals surface area contributed by atoms with Crippen molar-refractivity contribution in [2.75, 3.05) is 0 Å². The van der Waals surface area contributed by atoms with Gasteiger partial charge in [-0.05, 0) is 42.0 Å². The number of hydrogen-bond acceptors (Lipinski definition) is 5. The lowest BCUT2D eigenvalue weighted by Gasteiger charge is -2.11. The standard InChI is InChI=1S/C19H14ClN3O2S/c20-14-7-8-18-16(10-14)23-19(22-12-13-4-3-9-21-11-13)15-5-1-2-6-17(15)26(18,24)25/h1-11H,12H2,(H,22,23). The molecule has 1 aliphatic rings. The molecule has 0 aliphatic carbocycles. The molecule has 0 fully saturated rings. The highest BCUT2D eigenvalue weighted by Gasteiger charge is 2.29. The van der Waals surface area contributed by atoms with Crippen LogP contribution in [0.15, 0.2) is 81.8 Å². The van der Waals surface area contributed by atoms with Gasteiger partial charge in [0.15, 0.2) is 0 Å². The molecule has 0 radical (unpaired) electrons. The first-order valence-corrected chi connectivity index (χ1v) is 9.77. The van der Waals surface area contributed by atoms with Crippen LogP contribution in [0.4, 0.5) is 5.69 Å². The van der Waals surface area contributed by atoms with Crippen LogP contribution < -0.4 is 5.32 Å². The van der Waals surface area contributed by atoms with Gasteiger partial charge in [-0.1, -0.05) is 29.8 Å². The molecule has 1 aliphatic heterocycles. The van der Waals surface area contributed by atoms with Crippen LogP contribution in [0.5, 0.6) is 0 Å². The first-order chi connectivity index (χ1) is 12.6. The second-order valence-corrected chi connectivity index (χ2v) is 8.11. The molecule has 2 heterocycles. The number of amidine groups is 1. The smallest absolute Gasteiger partial charge is 0.209 e. The maximum Gasteiger partial charge on any atom is 0.209 e. The molecule has 3 aromatic rings. The topological polar surface area (TPSA) is 71.4 Å². The van der Waals surface area contributed by atoms with E-state index in [4.69, 9.17) is 11.6 Å². The van der Waals surface area contributed by atoms with Gasteiger partial charge >= 0.3 is 0 Å². The van der Waals surface area contributed by atoms with Gasteiger partial charge in [-0.25, -0.2) is 13.4 Å². The SMILES string of the molecule is O=S1(=O)c2ccc(Cl)cc2N=C(NCc2cccnc2)c2ccccc21. The Hall–Kier alpha value is -2.70. The summed E-state index contributed by atoms with van der Waals surface area (Å²) in [7, 11) is -3.70. The van der Waals surface area contributed by atoms with E-state index >= 15 is 0 Å². The minimum atomic E-state index is -3.70. The van der Waals surface area contributed by atoms with Gasteiger partial charge in [0.1, 0.15) is 5.84 Å². The Kier molecular flexibility index (Phi) is 4.22. The van der Waals surface area contributed by atoms with Crippen molar-refractivity contribution in [3.05, 3.63) is 83.1 Å². The predicted octanol–water partition coefficient (Wildman–Crippen LogP) is 3.75. The van der Waals surface area contributed by atoms with Gasteiger partial charge in [-0.2, -0.15) is 0 Å². The summed E-state index contributed by atoms with van der Waals surface area (Å²) in [5, 5.41) is 3.67. The van der Waals surface area contributed by atoms with Crippen LogP contribution in [-0.4, -0.2) is 19.2 Å². The molecule has 26 heavy (non-hydrogen) atoms. The zero-order valence-corrected chi connectivity index (χ0v) is 15.1. The van der Waals surface area contributed by atoms with Gasteiger partial charge in [0.05, 0.1) is 15.5 Å². The summed E-state index contributed by atoms with van der Waals surface area (Å²) < 4.78 is 26.2. The number of hydrogen-bond donors (Lipinski definition) is 1. The lowest BCUT2D eigenvalue weighted by atomic mass is 10.2. The van der Waals surface area contributed by atoms with Crippen LogP contribution >= 0.6 is 11.6 Å². The quantitative estimate of drug-likeness (QED) is 0.731. The molecule has 7 heteroatoms. The van der Waals surface area contributed by atoms with Crippen molar-refractivity contribution in [3.63, 3.8) is 0 Å². The molecule has 0 bridgehead atoms. The van der Waals surface area contributed by atoms with Crippen LogP contribution in [0.1, 0.15) is 11.1 Å². The Balaban J connectivity index is 1.86. The number of nitrogens with one attached hydrogen (secondary N) is 1. The average molecular weight is 384 g/mol. The highest BCUT2D eigenvalue weighted by molar-refractivity contribution is 7.91. The van der Waals surface area contributed by atoms with Crippen molar-refractivity contribution < 1.29 is 8.42 Å². The number of benzene rings is 2. The van der Waals surface area contributed by atoms with E-state index in [1.807, 2.05) is 12.1 Å². The van der Waals surface area contributed by atoms with Crippen LogP contribution in [0.3, 0.4) is 0 Å². The minimum Gasteiger partial charge on any atom is -0.365 e. The molecule has 1 aromatic heterocycles. The maximum atomic E-state index is 13.1. The van der Waals surface area contributed by atoms with Crippen molar-refractivity contribution in [1.29, 1.82) is 0 Å². The summed E-state index contributed by atoms with van der Waals surface area (Å²) >= 11 is 6.06. The Morgan fingerprint density at radius 2 is 1.85 bits per heavy atom. The Bertz CT molecular complexity index is 1110. The van der Waals surface area contributed by atoms with E-state index in [1.54, 1.807) is 48.8 Å². The average Bonchev–Trinajstić information content (AvgIpc) is 2.74. The Morgan fingerprint density at radius 1 is 1.00 bits per heavy atom. The molecule has 2 aromatic carbocycles. The molecule has 0 saturated heterocycles. The van der Waals surface area contributed by atoms with Crippen LogP contribution in [-0.2, 0) is 16.4 Å². The molecular formula is C19H14ClN3O2S. The number of halogens is 1. The second kappa shape index (κ2) is 6.55. The van der Waals surface area contributed by atoms with E-state index in [-0.39, 0.29) is 9.79 Å². The lowest BCUT2D eigenvalue weighted by molar-refractivity contribution is 0.596. The summed E-state index contributed by atoms with van der Waals surface area (Å²) in [6.45, 7) is 0.469. The van der Waals surface area contributed by atoms with Crippen molar-refractivity contribution in [1.82, 2.24) is 10.3 Å². The number of aromatic nitrogens is 1. The third-order valence-electron chi connectivity index (χ3n) is 4.06. The van der Waals surface area contributed by atoms with E-state index in [1.165, 1.54) is 6.07 Å². The molecule has 130 valence electrons. The third kappa shape index (κ3) is 2.98. The number of sulfone groups is 1. The molecule has 5 nitrogen and oxygen atoms in total. The second-order valence-electron chi connectivity index (χ2n) is 5.79. The summed E-state index contributed by atoms with van der Waals surface area (Å²) in [4.78, 5) is 9.03. The zero-order chi connectivity index (χ0) is 18.1. The van der Waals surface area contributed by atoms with Crippen molar-refractivity contribution in [2.45, 2.75) is 16.3 Å². The van der Waals surface area contributed by atoms with Crippen molar-refractivity contribution in [2.24, 2.45) is 4.99 Å². The summed E-state index contributed by atoms with van der Waals surface area (Å²) in [6.07, 6.45) is 3.45. The van der Waals surface area contributed by atoms with Crippen LogP contribution in [0, 0.1) is 0 Å². The third-order valence-corrected chi connectivity index (χ3v) is 6.15. The number of aliphatic imine (C=N–C) groups is 1. The van der Waals surface area contributed by atoms with Gasteiger partial charge < -0.3 is 5.32 Å². The largest absolute Gasteiger partial charge is 0.365 e. The monoisotopic (exact) mass is 383 g/mol. The fourth-order valence-corrected chi connectivity index (χ4v) is 4.57. The zero-order valence-electron chi connectivity index (χ0n) is 13.6. The lowest BCUT2D eigenvalue weighted by Crippen LogP contribution is -2.25. The Morgan fingerprint density at radius 3 is 2.65 bits per heavy atom. The normalized spacial score (nSPS) is 14.6. The minimum absolute atomic E-state index is 0.146. The van der Waals surface area contributed by atoms with Crippen molar-refractivity contribution >= 4 is 33.0 Å². The summed E-state index contributed by atoms with van der Waals surface area (Å²) in [6, 6.07) is 15.2. The van der Waals surface area contributed by atoms with Gasteiger partial charge in [-0.15, -0.1) is 0 Å². The number of fused-ring (bicyclic) bond motifs is 2. The number of rotatable bonds is 2. The molecular weight excluding hydrogens is 370 g/mol. The molecule has 4 rings (SSSR count). The van der Waals surface area contributed by atoms with Gasteiger partial charge in [-0.3, -0.25) is 4.98 Å². The summed E-state index contributed by atoms with van der Waals surface area (Å²) in [5.74, 6) is 0.481. The van der Waals surface area contributed by atoms with Crippen LogP contribution in [0.2, 0.25) is 5.02 Å². The highest BCUT2D eigenvalue weighted by Crippen LogP contribution is 2.36. The van der Waals surface area contributed by atoms with E-state index in [9.17, 15) is 8.42 Å².